The minimum Gasteiger partial charge on any atom is -0.493 e. The van der Waals surface area contributed by atoms with Crippen molar-refractivity contribution in [1.82, 2.24) is 4.90 Å². The van der Waals surface area contributed by atoms with Crippen LogP contribution in [0, 0.1) is 11.8 Å². The quantitative estimate of drug-likeness (QED) is 0.886. The number of carbonyl (C=O) groups is 1. The van der Waals surface area contributed by atoms with Crippen LogP contribution in [0.15, 0.2) is 24.3 Å². The fraction of sp³-hybridized carbons (Fsp3) is 0.611. The van der Waals surface area contributed by atoms with Crippen molar-refractivity contribution in [3.63, 3.8) is 0 Å². The third kappa shape index (κ3) is 3.35. The Balaban J connectivity index is 1.72. The molecule has 1 saturated heterocycles. The van der Waals surface area contributed by atoms with E-state index in [4.69, 9.17) is 4.74 Å². The van der Waals surface area contributed by atoms with Crippen molar-refractivity contribution in [3.8, 4) is 5.75 Å². The van der Waals surface area contributed by atoms with E-state index >= 15 is 0 Å². The minimum absolute atomic E-state index is 0.0184. The number of rotatable bonds is 4. The van der Waals surface area contributed by atoms with Gasteiger partial charge in [-0.15, -0.1) is 0 Å². The average Bonchev–Trinajstić information content (AvgIpc) is 2.95. The van der Waals surface area contributed by atoms with Gasteiger partial charge in [0.25, 0.3) is 5.91 Å². The summed E-state index contributed by atoms with van der Waals surface area (Å²) in [6, 6.07) is 7.36. The molecule has 2 fully saturated rings. The highest BCUT2D eigenvalue weighted by Crippen LogP contribution is 2.37. The Bertz CT molecular complexity index is 544. The molecule has 4 atom stereocenters. The molecule has 0 bridgehead atoms. The van der Waals surface area contributed by atoms with Crippen LogP contribution in [0.1, 0.15) is 36.5 Å². The summed E-state index contributed by atoms with van der Waals surface area (Å²) in [5.74, 6) is 1.17. The van der Waals surface area contributed by atoms with Crippen molar-refractivity contribution < 1.29 is 19.7 Å². The van der Waals surface area contributed by atoms with Gasteiger partial charge in [0.2, 0.25) is 0 Å². The number of amides is 1. The van der Waals surface area contributed by atoms with Crippen molar-refractivity contribution in [2.45, 2.75) is 38.4 Å². The van der Waals surface area contributed by atoms with Gasteiger partial charge >= 0.3 is 0 Å². The normalized spacial score (nSPS) is 30.1. The Morgan fingerprint density at radius 2 is 1.78 bits per heavy atom. The number of aliphatic hydroxyl groups is 2. The predicted molar refractivity (Wildman–Crippen MR) is 86.4 cm³/mol. The third-order valence-corrected chi connectivity index (χ3v) is 4.98. The number of para-hydroxylation sites is 1. The topological polar surface area (TPSA) is 70.0 Å². The summed E-state index contributed by atoms with van der Waals surface area (Å²) >= 11 is 0. The van der Waals surface area contributed by atoms with Crippen LogP contribution in [0.3, 0.4) is 0 Å². The molecule has 23 heavy (non-hydrogen) atoms. The van der Waals surface area contributed by atoms with Gasteiger partial charge in [-0.1, -0.05) is 19.1 Å². The first kappa shape index (κ1) is 16.3. The second-order valence-electron chi connectivity index (χ2n) is 6.68. The Labute approximate surface area is 136 Å². The van der Waals surface area contributed by atoms with Gasteiger partial charge in [0, 0.05) is 13.1 Å². The summed E-state index contributed by atoms with van der Waals surface area (Å²) in [6.07, 6.45) is 0.720. The monoisotopic (exact) mass is 319 g/mol. The summed E-state index contributed by atoms with van der Waals surface area (Å²) < 4.78 is 5.69. The summed E-state index contributed by atoms with van der Waals surface area (Å²) in [6.45, 7) is 3.92. The minimum atomic E-state index is -0.661. The molecule has 126 valence electrons. The number of nitrogens with zero attached hydrogens (tertiary/aromatic N) is 1. The zero-order valence-electron chi connectivity index (χ0n) is 13.5. The van der Waals surface area contributed by atoms with E-state index in [1.165, 1.54) is 0 Å². The number of hydrogen-bond donors (Lipinski definition) is 2. The molecule has 1 heterocycles. The lowest BCUT2D eigenvalue weighted by Crippen LogP contribution is -2.38. The molecule has 1 aromatic rings. The molecule has 1 aliphatic heterocycles. The van der Waals surface area contributed by atoms with Crippen LogP contribution < -0.4 is 4.74 Å². The highest BCUT2D eigenvalue weighted by atomic mass is 16.5. The molecule has 0 unspecified atom stereocenters. The van der Waals surface area contributed by atoms with Crippen LogP contribution in [0.4, 0.5) is 0 Å². The number of fused-ring (bicyclic) bond motifs is 1. The molecule has 1 aliphatic carbocycles. The summed E-state index contributed by atoms with van der Waals surface area (Å²) in [4.78, 5) is 14.7. The second kappa shape index (κ2) is 6.89. The van der Waals surface area contributed by atoms with Crippen molar-refractivity contribution in [2.24, 2.45) is 11.8 Å². The number of likely N-dealkylation sites (tertiary alicyclic amines) is 1. The maximum absolute atomic E-state index is 12.9. The van der Waals surface area contributed by atoms with Crippen molar-refractivity contribution in [1.29, 1.82) is 0 Å². The lowest BCUT2D eigenvalue weighted by Gasteiger charge is -2.31. The van der Waals surface area contributed by atoms with Crippen LogP contribution in [0.2, 0.25) is 0 Å². The molecule has 0 radical (unpaired) electrons. The highest BCUT2D eigenvalue weighted by molar-refractivity contribution is 5.97. The molecule has 5 nitrogen and oxygen atoms in total. The predicted octanol–water partition coefficient (Wildman–Crippen LogP) is 1.68. The lowest BCUT2D eigenvalue weighted by atomic mass is 9.79. The van der Waals surface area contributed by atoms with Gasteiger partial charge in [0.15, 0.2) is 0 Å². The second-order valence-corrected chi connectivity index (χ2v) is 6.68. The third-order valence-electron chi connectivity index (χ3n) is 4.98. The molecule has 1 amide bonds. The van der Waals surface area contributed by atoms with Crippen molar-refractivity contribution >= 4 is 5.91 Å². The highest BCUT2D eigenvalue weighted by Gasteiger charge is 2.42. The Morgan fingerprint density at radius 3 is 2.39 bits per heavy atom. The molecule has 2 aliphatic rings. The molecule has 1 saturated carbocycles. The van der Waals surface area contributed by atoms with Crippen LogP contribution in [-0.2, 0) is 0 Å². The van der Waals surface area contributed by atoms with Gasteiger partial charge in [0.1, 0.15) is 5.75 Å². The summed E-state index contributed by atoms with van der Waals surface area (Å²) in [5, 5.41) is 19.7. The number of benzene rings is 1. The SMILES string of the molecule is CCCOc1ccccc1C(=O)N1C[C@H]2C[C@H](O)[C@H](O)C[C@H]2C1. The van der Waals surface area contributed by atoms with Gasteiger partial charge < -0.3 is 19.8 Å². The first-order valence-corrected chi connectivity index (χ1v) is 8.47. The fourth-order valence-electron chi connectivity index (χ4n) is 3.72. The van der Waals surface area contributed by atoms with Crippen LogP contribution in [-0.4, -0.2) is 52.9 Å². The van der Waals surface area contributed by atoms with Gasteiger partial charge in [-0.3, -0.25) is 4.79 Å². The summed E-state index contributed by atoms with van der Waals surface area (Å²) in [7, 11) is 0. The van der Waals surface area contributed by atoms with E-state index in [9.17, 15) is 15.0 Å². The van der Waals surface area contributed by atoms with E-state index in [1.54, 1.807) is 6.07 Å². The molecule has 1 aromatic carbocycles. The van der Waals surface area contributed by atoms with Gasteiger partial charge in [-0.25, -0.2) is 0 Å². The van der Waals surface area contributed by atoms with E-state index in [0.29, 0.717) is 43.9 Å². The van der Waals surface area contributed by atoms with Gasteiger partial charge in [0.05, 0.1) is 24.4 Å². The van der Waals surface area contributed by atoms with E-state index in [0.717, 1.165) is 6.42 Å². The maximum atomic E-state index is 12.9. The van der Waals surface area contributed by atoms with E-state index in [-0.39, 0.29) is 17.7 Å². The van der Waals surface area contributed by atoms with E-state index < -0.39 is 12.2 Å². The molecule has 5 heteroatoms. The maximum Gasteiger partial charge on any atom is 0.257 e. The van der Waals surface area contributed by atoms with Gasteiger partial charge in [-0.05, 0) is 43.2 Å². The molecular weight excluding hydrogens is 294 g/mol. The number of carbonyl (C=O) groups excluding carboxylic acids is 1. The zero-order valence-corrected chi connectivity index (χ0v) is 13.5. The van der Waals surface area contributed by atoms with Crippen LogP contribution in [0.5, 0.6) is 5.75 Å². The standard InChI is InChI=1S/C18H25NO4/c1-2-7-23-17-6-4-3-5-14(17)18(22)19-10-12-8-15(20)16(21)9-13(12)11-19/h3-6,12-13,15-16,20-21H,2,7-11H2,1H3/t12-,13+,15+,16-. The molecule has 2 N–H and O–H groups in total. The average molecular weight is 319 g/mol. The van der Waals surface area contributed by atoms with E-state index in [2.05, 4.69) is 0 Å². The zero-order chi connectivity index (χ0) is 16.4. The first-order valence-electron chi connectivity index (χ1n) is 8.47. The van der Waals surface area contributed by atoms with Gasteiger partial charge in [-0.2, -0.15) is 0 Å². The molecule has 0 aromatic heterocycles. The van der Waals surface area contributed by atoms with E-state index in [1.807, 2.05) is 30.0 Å². The lowest BCUT2D eigenvalue weighted by molar-refractivity contribution is -0.0372. The largest absolute Gasteiger partial charge is 0.493 e. The number of aliphatic hydroxyl groups excluding tert-OH is 2. The molecule has 0 spiro atoms. The smallest absolute Gasteiger partial charge is 0.257 e. The molecular formula is C18H25NO4. The molecule has 3 rings (SSSR count). The fourth-order valence-corrected chi connectivity index (χ4v) is 3.72. The number of hydrogen-bond acceptors (Lipinski definition) is 4. The number of ether oxygens (including phenoxy) is 1. The Kier molecular flexibility index (Phi) is 4.87. The van der Waals surface area contributed by atoms with Crippen molar-refractivity contribution in [2.75, 3.05) is 19.7 Å². The Hall–Kier alpha value is -1.59. The Morgan fingerprint density at radius 1 is 1.17 bits per heavy atom. The van der Waals surface area contributed by atoms with Crippen LogP contribution >= 0.6 is 0 Å². The first-order chi connectivity index (χ1) is 11.1. The van der Waals surface area contributed by atoms with Crippen LogP contribution in [0.25, 0.3) is 0 Å². The van der Waals surface area contributed by atoms with Crippen molar-refractivity contribution in [3.05, 3.63) is 29.8 Å². The summed E-state index contributed by atoms with van der Waals surface area (Å²) in [5.41, 5.74) is 0.598.